The highest BCUT2D eigenvalue weighted by Gasteiger charge is 2.22. The summed E-state index contributed by atoms with van der Waals surface area (Å²) in [4.78, 5) is 11.9. The first kappa shape index (κ1) is 15.5. The second-order valence-electron chi connectivity index (χ2n) is 6.61. The fourth-order valence-corrected chi connectivity index (χ4v) is 5.22. The van der Waals surface area contributed by atoms with Crippen LogP contribution in [0.2, 0.25) is 0 Å². The van der Waals surface area contributed by atoms with Crippen LogP contribution in [0.4, 0.5) is 0 Å². The Morgan fingerprint density at radius 1 is 1.26 bits per heavy atom. The molecule has 0 saturated carbocycles. The molecule has 7 nitrogen and oxygen atoms in total. The Kier molecular flexibility index (Phi) is 3.30. The Balaban J connectivity index is 1.42. The summed E-state index contributed by atoms with van der Waals surface area (Å²) in [5, 5.41) is 10.00. The molecule has 5 aromatic heterocycles. The number of nitrogens with zero attached hydrogens (tertiary/aromatic N) is 6. The summed E-state index contributed by atoms with van der Waals surface area (Å²) in [5.41, 5.74) is 2.26. The summed E-state index contributed by atoms with van der Waals surface area (Å²) < 4.78 is 10.5. The largest absolute Gasteiger partial charge is 0.456 e. The predicted molar refractivity (Wildman–Crippen MR) is 105 cm³/mol. The molecule has 1 aliphatic carbocycles. The quantitative estimate of drug-likeness (QED) is 0.422. The fourth-order valence-electron chi connectivity index (χ4n) is 3.66. The molecule has 5 aromatic rings. The van der Waals surface area contributed by atoms with Gasteiger partial charge in [0.05, 0.1) is 22.6 Å². The van der Waals surface area contributed by atoms with Crippen LogP contribution in [0.5, 0.6) is 0 Å². The Hall–Kier alpha value is -2.52. The summed E-state index contributed by atoms with van der Waals surface area (Å²) in [5.74, 6) is 2.04. The van der Waals surface area contributed by atoms with Crippen molar-refractivity contribution < 1.29 is 4.42 Å². The number of hydrogen-bond acceptors (Lipinski definition) is 6. The molecule has 0 aromatic carbocycles. The number of aromatic nitrogens is 6. The van der Waals surface area contributed by atoms with E-state index in [4.69, 9.17) is 9.40 Å². The lowest BCUT2D eigenvalue weighted by Crippen LogP contribution is -1.97. The van der Waals surface area contributed by atoms with E-state index in [2.05, 4.69) is 31.1 Å². The van der Waals surface area contributed by atoms with Gasteiger partial charge in [-0.3, -0.25) is 4.68 Å². The molecule has 1 aliphatic rings. The van der Waals surface area contributed by atoms with Gasteiger partial charge in [0.2, 0.25) is 5.82 Å². The van der Waals surface area contributed by atoms with E-state index >= 15 is 0 Å². The van der Waals surface area contributed by atoms with E-state index in [1.165, 1.54) is 16.9 Å². The number of aryl methyl sites for hydroxylation is 2. The van der Waals surface area contributed by atoms with Crippen LogP contribution in [0.25, 0.3) is 27.4 Å². The smallest absolute Gasteiger partial charge is 0.217 e. The number of fused-ring (bicyclic) bond motifs is 5. The zero-order valence-electron chi connectivity index (χ0n) is 14.1. The van der Waals surface area contributed by atoms with Gasteiger partial charge in [-0.05, 0) is 52.9 Å². The molecule has 27 heavy (non-hydrogen) atoms. The maximum Gasteiger partial charge on any atom is 0.217 e. The molecule has 0 N–H and O–H groups in total. The Morgan fingerprint density at radius 3 is 3.11 bits per heavy atom. The minimum Gasteiger partial charge on any atom is -0.456 e. The van der Waals surface area contributed by atoms with E-state index in [0.717, 1.165) is 38.9 Å². The number of hydrogen-bond donors (Lipinski definition) is 0. The lowest BCUT2D eigenvalue weighted by molar-refractivity contribution is 0.487. The number of furan rings is 1. The highest BCUT2D eigenvalue weighted by Crippen LogP contribution is 2.38. The van der Waals surface area contributed by atoms with Crippen molar-refractivity contribution in [2.24, 2.45) is 0 Å². The molecule has 0 fully saturated rings. The maximum atomic E-state index is 5.97. The minimum atomic E-state index is 0.558. The predicted octanol–water partition coefficient (Wildman–Crippen LogP) is 4.10. The zero-order chi connectivity index (χ0) is 18.0. The molecule has 134 valence electrons. The van der Waals surface area contributed by atoms with E-state index < -0.39 is 0 Å². The molecule has 0 saturated heterocycles. The van der Waals surface area contributed by atoms with Crippen LogP contribution >= 0.6 is 27.3 Å². The van der Waals surface area contributed by atoms with Crippen molar-refractivity contribution in [3.05, 3.63) is 51.5 Å². The molecule has 9 heteroatoms. The second kappa shape index (κ2) is 5.74. The van der Waals surface area contributed by atoms with Crippen molar-refractivity contribution in [1.29, 1.82) is 0 Å². The normalized spacial score (nSPS) is 13.8. The van der Waals surface area contributed by atoms with Crippen LogP contribution < -0.4 is 0 Å². The van der Waals surface area contributed by atoms with Crippen LogP contribution in [0.15, 0.2) is 39.7 Å². The fraction of sp³-hybridized carbons (Fsp3) is 0.222. The summed E-state index contributed by atoms with van der Waals surface area (Å²) in [6.07, 6.45) is 8.86. The number of rotatable bonds is 3. The highest BCUT2D eigenvalue weighted by atomic mass is 79.9. The molecule has 0 aliphatic heterocycles. The number of halogens is 1. The third-order valence-electron chi connectivity index (χ3n) is 4.84. The molecular formula is C18H13BrN6OS. The molecule has 0 atom stereocenters. The lowest BCUT2D eigenvalue weighted by atomic mass is 10.2. The van der Waals surface area contributed by atoms with Gasteiger partial charge in [-0.2, -0.15) is 5.10 Å². The van der Waals surface area contributed by atoms with E-state index in [-0.39, 0.29) is 0 Å². The third-order valence-corrected chi connectivity index (χ3v) is 6.45. The van der Waals surface area contributed by atoms with Gasteiger partial charge in [-0.15, -0.1) is 16.4 Å². The Morgan fingerprint density at radius 2 is 2.22 bits per heavy atom. The topological polar surface area (TPSA) is 74.0 Å². The third kappa shape index (κ3) is 2.45. The minimum absolute atomic E-state index is 0.558. The average Bonchev–Trinajstić information content (AvgIpc) is 3.42. The molecule has 0 amide bonds. The molecule has 0 radical (unpaired) electrons. The molecule has 0 bridgehead atoms. The zero-order valence-corrected chi connectivity index (χ0v) is 16.5. The van der Waals surface area contributed by atoms with Crippen molar-refractivity contribution >= 4 is 43.1 Å². The maximum absolute atomic E-state index is 5.97. The van der Waals surface area contributed by atoms with Crippen molar-refractivity contribution in [3.8, 4) is 11.6 Å². The van der Waals surface area contributed by atoms with Gasteiger partial charge < -0.3 is 4.42 Å². The van der Waals surface area contributed by atoms with Gasteiger partial charge in [0.25, 0.3) is 0 Å². The van der Waals surface area contributed by atoms with Gasteiger partial charge in [-0.25, -0.2) is 14.5 Å². The van der Waals surface area contributed by atoms with E-state index in [9.17, 15) is 0 Å². The highest BCUT2D eigenvalue weighted by molar-refractivity contribution is 9.10. The van der Waals surface area contributed by atoms with E-state index in [1.807, 2.05) is 23.0 Å². The van der Waals surface area contributed by atoms with Crippen LogP contribution in [0, 0.1) is 0 Å². The molecule has 0 unspecified atom stereocenters. The van der Waals surface area contributed by atoms with E-state index in [1.54, 1.807) is 28.4 Å². The van der Waals surface area contributed by atoms with Crippen molar-refractivity contribution in [3.63, 3.8) is 0 Å². The van der Waals surface area contributed by atoms with Crippen molar-refractivity contribution in [2.45, 2.75) is 25.8 Å². The van der Waals surface area contributed by atoms with Gasteiger partial charge in [-0.1, -0.05) is 0 Å². The van der Waals surface area contributed by atoms with Gasteiger partial charge in [0.1, 0.15) is 16.9 Å². The van der Waals surface area contributed by atoms with Gasteiger partial charge in [0.15, 0.2) is 11.4 Å². The SMILES string of the molecule is Brc1cnn(Cc2ccc(-c3nc4c5c6c(sc5ncn4n3)CCC6)o2)c1. The van der Waals surface area contributed by atoms with Gasteiger partial charge >= 0.3 is 0 Å². The summed E-state index contributed by atoms with van der Waals surface area (Å²) >= 11 is 5.19. The van der Waals surface area contributed by atoms with Crippen molar-refractivity contribution in [1.82, 2.24) is 29.4 Å². The van der Waals surface area contributed by atoms with E-state index in [0.29, 0.717) is 18.1 Å². The first-order valence-electron chi connectivity index (χ1n) is 8.67. The van der Waals surface area contributed by atoms with Crippen LogP contribution in [0.1, 0.15) is 22.6 Å². The standard InChI is InChI=1S/C18H13BrN6OS/c19-10-6-21-24(7-10)8-11-4-5-13(26-11)16-22-17-15-12-2-1-3-14(12)27-18(15)20-9-25(17)23-16/h4-7,9H,1-3,8H2. The van der Waals surface area contributed by atoms with Crippen molar-refractivity contribution in [2.75, 3.05) is 0 Å². The number of thiophene rings is 1. The van der Waals surface area contributed by atoms with Gasteiger partial charge in [0, 0.05) is 11.1 Å². The van der Waals surface area contributed by atoms with Crippen LogP contribution in [0.3, 0.4) is 0 Å². The summed E-state index contributed by atoms with van der Waals surface area (Å²) in [7, 11) is 0. The summed E-state index contributed by atoms with van der Waals surface area (Å²) in [6, 6.07) is 3.85. The van der Waals surface area contributed by atoms with Crippen LogP contribution in [-0.4, -0.2) is 29.4 Å². The first-order chi connectivity index (χ1) is 13.2. The average molecular weight is 441 g/mol. The molecule has 5 heterocycles. The second-order valence-corrected chi connectivity index (χ2v) is 8.61. The Bertz CT molecular complexity index is 1310. The Labute approximate surface area is 165 Å². The molecule has 0 spiro atoms. The molecular weight excluding hydrogens is 428 g/mol. The van der Waals surface area contributed by atoms with Crippen LogP contribution in [-0.2, 0) is 19.4 Å². The lowest BCUT2D eigenvalue weighted by Gasteiger charge is -1.96. The first-order valence-corrected chi connectivity index (χ1v) is 10.3. The monoisotopic (exact) mass is 440 g/mol. The molecule has 6 rings (SSSR count). The summed E-state index contributed by atoms with van der Waals surface area (Å²) in [6.45, 7) is 0.558.